The van der Waals surface area contributed by atoms with Gasteiger partial charge in [0.1, 0.15) is 5.52 Å². The van der Waals surface area contributed by atoms with E-state index in [0.717, 1.165) is 32.8 Å². The molecule has 0 saturated heterocycles. The molecular weight excluding hydrogens is 346 g/mol. The van der Waals surface area contributed by atoms with Gasteiger partial charge in [0.2, 0.25) is 0 Å². The summed E-state index contributed by atoms with van der Waals surface area (Å²) in [6.07, 6.45) is 1.76. The SMILES string of the molecule is CCOC(=O)CSc1nc2cccnc2n1-c1cccc2ccccc12. The zero-order valence-electron chi connectivity index (χ0n) is 14.3. The van der Waals surface area contributed by atoms with Gasteiger partial charge in [0.05, 0.1) is 18.0 Å². The van der Waals surface area contributed by atoms with Crippen molar-refractivity contribution >= 4 is 39.7 Å². The van der Waals surface area contributed by atoms with Crippen LogP contribution in [0.15, 0.2) is 66.0 Å². The van der Waals surface area contributed by atoms with Crippen molar-refractivity contribution < 1.29 is 9.53 Å². The first-order valence-electron chi connectivity index (χ1n) is 8.38. The number of hydrogen-bond donors (Lipinski definition) is 0. The molecule has 2 heterocycles. The Morgan fingerprint density at radius 3 is 2.85 bits per heavy atom. The summed E-state index contributed by atoms with van der Waals surface area (Å²) in [5, 5.41) is 2.98. The quantitative estimate of drug-likeness (QED) is 0.392. The smallest absolute Gasteiger partial charge is 0.316 e. The summed E-state index contributed by atoms with van der Waals surface area (Å²) < 4.78 is 7.06. The van der Waals surface area contributed by atoms with Gasteiger partial charge >= 0.3 is 5.97 Å². The molecule has 2 aromatic carbocycles. The molecule has 0 N–H and O–H groups in total. The first-order chi connectivity index (χ1) is 12.8. The lowest BCUT2D eigenvalue weighted by molar-refractivity contribution is -0.139. The number of benzene rings is 2. The van der Waals surface area contributed by atoms with Crippen LogP contribution in [0, 0.1) is 0 Å². The monoisotopic (exact) mass is 363 g/mol. The molecule has 4 aromatic rings. The second kappa shape index (κ2) is 7.17. The third kappa shape index (κ3) is 3.04. The topological polar surface area (TPSA) is 57.0 Å². The maximum atomic E-state index is 11.8. The molecule has 0 unspecified atom stereocenters. The largest absolute Gasteiger partial charge is 0.465 e. The molecule has 130 valence electrons. The summed E-state index contributed by atoms with van der Waals surface area (Å²) in [4.78, 5) is 21.0. The lowest BCUT2D eigenvalue weighted by Gasteiger charge is -2.11. The fourth-order valence-corrected chi connectivity index (χ4v) is 3.74. The van der Waals surface area contributed by atoms with Crippen LogP contribution < -0.4 is 0 Å². The van der Waals surface area contributed by atoms with Gasteiger partial charge in [0, 0.05) is 11.6 Å². The Hall–Kier alpha value is -2.86. The van der Waals surface area contributed by atoms with Crippen molar-refractivity contribution in [2.75, 3.05) is 12.4 Å². The lowest BCUT2D eigenvalue weighted by Crippen LogP contribution is -2.08. The maximum absolute atomic E-state index is 11.8. The summed E-state index contributed by atoms with van der Waals surface area (Å²) in [6, 6.07) is 18.1. The van der Waals surface area contributed by atoms with Crippen molar-refractivity contribution in [2.24, 2.45) is 0 Å². The number of aromatic nitrogens is 3. The molecule has 0 aliphatic rings. The standard InChI is InChI=1S/C20H17N3O2S/c1-2-25-18(24)13-26-20-22-16-10-6-12-21-19(16)23(20)17-11-5-8-14-7-3-4-9-15(14)17/h3-12H,2,13H2,1H3. The first-order valence-corrected chi connectivity index (χ1v) is 9.36. The number of hydrogen-bond acceptors (Lipinski definition) is 5. The summed E-state index contributed by atoms with van der Waals surface area (Å²) in [6.45, 7) is 2.18. The number of carbonyl (C=O) groups is 1. The fourth-order valence-electron chi connectivity index (χ4n) is 2.94. The van der Waals surface area contributed by atoms with Gasteiger partial charge in [-0.1, -0.05) is 48.2 Å². The van der Waals surface area contributed by atoms with E-state index in [2.05, 4.69) is 28.2 Å². The number of imidazole rings is 1. The average Bonchev–Trinajstić information content (AvgIpc) is 3.04. The average molecular weight is 363 g/mol. The van der Waals surface area contributed by atoms with Gasteiger partial charge in [-0.05, 0) is 30.5 Å². The normalized spacial score (nSPS) is 11.1. The molecule has 0 fully saturated rings. The molecular formula is C20H17N3O2S. The molecule has 0 spiro atoms. The molecule has 4 rings (SSSR count). The van der Waals surface area contributed by atoms with Crippen LogP contribution in [-0.2, 0) is 9.53 Å². The van der Waals surface area contributed by atoms with E-state index in [1.54, 1.807) is 13.1 Å². The van der Waals surface area contributed by atoms with E-state index >= 15 is 0 Å². The van der Waals surface area contributed by atoms with Crippen LogP contribution >= 0.6 is 11.8 Å². The van der Waals surface area contributed by atoms with Crippen LogP contribution in [0.25, 0.3) is 27.6 Å². The Balaban J connectivity index is 1.87. The summed E-state index contributed by atoms with van der Waals surface area (Å²) in [7, 11) is 0. The number of carbonyl (C=O) groups excluding carboxylic acids is 1. The molecule has 0 atom stereocenters. The molecule has 0 amide bonds. The molecule has 0 bridgehead atoms. The van der Waals surface area contributed by atoms with E-state index in [4.69, 9.17) is 4.74 Å². The van der Waals surface area contributed by atoms with Gasteiger partial charge in [0.25, 0.3) is 0 Å². The van der Waals surface area contributed by atoms with Gasteiger partial charge in [-0.25, -0.2) is 9.97 Å². The molecule has 26 heavy (non-hydrogen) atoms. The minimum atomic E-state index is -0.248. The molecule has 0 saturated carbocycles. The van der Waals surface area contributed by atoms with Gasteiger partial charge in [-0.2, -0.15) is 0 Å². The summed E-state index contributed by atoms with van der Waals surface area (Å²) in [5.41, 5.74) is 2.57. The third-order valence-electron chi connectivity index (χ3n) is 4.02. The molecule has 2 aromatic heterocycles. The van der Waals surface area contributed by atoms with E-state index in [0.29, 0.717) is 6.61 Å². The molecule has 0 aliphatic heterocycles. The third-order valence-corrected chi connectivity index (χ3v) is 4.93. The van der Waals surface area contributed by atoms with E-state index in [1.165, 1.54) is 11.8 Å². The number of thioether (sulfide) groups is 1. The van der Waals surface area contributed by atoms with Crippen molar-refractivity contribution in [3.63, 3.8) is 0 Å². The second-order valence-electron chi connectivity index (χ2n) is 5.67. The van der Waals surface area contributed by atoms with Crippen LogP contribution in [0.3, 0.4) is 0 Å². The van der Waals surface area contributed by atoms with E-state index < -0.39 is 0 Å². The molecule has 5 nitrogen and oxygen atoms in total. The fraction of sp³-hybridized carbons (Fsp3) is 0.150. The Labute approximate surface area is 155 Å². The number of fused-ring (bicyclic) bond motifs is 2. The Bertz CT molecular complexity index is 1090. The number of ether oxygens (including phenoxy) is 1. The van der Waals surface area contributed by atoms with Crippen molar-refractivity contribution in [1.82, 2.24) is 14.5 Å². The predicted octanol–water partition coefficient (Wildman–Crippen LogP) is 4.23. The number of nitrogens with zero attached hydrogens (tertiary/aromatic N) is 3. The van der Waals surface area contributed by atoms with Crippen molar-refractivity contribution in [3.8, 4) is 5.69 Å². The second-order valence-corrected chi connectivity index (χ2v) is 6.61. The van der Waals surface area contributed by atoms with Gasteiger partial charge in [0.15, 0.2) is 10.8 Å². The number of pyridine rings is 1. The van der Waals surface area contributed by atoms with E-state index in [1.807, 2.05) is 41.0 Å². The zero-order chi connectivity index (χ0) is 17.9. The van der Waals surface area contributed by atoms with Crippen LogP contribution in [0.5, 0.6) is 0 Å². The zero-order valence-corrected chi connectivity index (χ0v) is 15.1. The highest BCUT2D eigenvalue weighted by Crippen LogP contribution is 2.30. The Morgan fingerprint density at radius 1 is 1.12 bits per heavy atom. The van der Waals surface area contributed by atoms with Crippen LogP contribution in [-0.4, -0.2) is 32.9 Å². The minimum absolute atomic E-state index is 0.210. The maximum Gasteiger partial charge on any atom is 0.316 e. The highest BCUT2D eigenvalue weighted by atomic mass is 32.2. The molecule has 6 heteroatoms. The Morgan fingerprint density at radius 2 is 1.96 bits per heavy atom. The Kier molecular flexibility index (Phi) is 4.58. The first kappa shape index (κ1) is 16.6. The molecule has 0 aliphatic carbocycles. The molecule has 0 radical (unpaired) electrons. The minimum Gasteiger partial charge on any atom is -0.465 e. The van der Waals surface area contributed by atoms with Crippen molar-refractivity contribution in [2.45, 2.75) is 12.1 Å². The van der Waals surface area contributed by atoms with Crippen molar-refractivity contribution in [3.05, 3.63) is 60.8 Å². The van der Waals surface area contributed by atoms with E-state index in [9.17, 15) is 4.79 Å². The highest BCUT2D eigenvalue weighted by molar-refractivity contribution is 7.99. The predicted molar refractivity (Wildman–Crippen MR) is 104 cm³/mol. The van der Waals surface area contributed by atoms with Gasteiger partial charge in [-0.15, -0.1) is 0 Å². The van der Waals surface area contributed by atoms with Crippen molar-refractivity contribution in [1.29, 1.82) is 0 Å². The number of esters is 1. The highest BCUT2D eigenvalue weighted by Gasteiger charge is 2.17. The van der Waals surface area contributed by atoms with Crippen LogP contribution in [0.4, 0.5) is 0 Å². The van der Waals surface area contributed by atoms with Gasteiger partial charge in [-0.3, -0.25) is 9.36 Å². The van der Waals surface area contributed by atoms with Crippen LogP contribution in [0.2, 0.25) is 0 Å². The van der Waals surface area contributed by atoms with Gasteiger partial charge < -0.3 is 4.74 Å². The van der Waals surface area contributed by atoms with E-state index in [-0.39, 0.29) is 11.7 Å². The number of rotatable bonds is 5. The summed E-state index contributed by atoms with van der Waals surface area (Å²) >= 11 is 1.36. The lowest BCUT2D eigenvalue weighted by atomic mass is 10.1. The summed E-state index contributed by atoms with van der Waals surface area (Å²) in [5.74, 6) is -0.0379. The van der Waals surface area contributed by atoms with Crippen LogP contribution in [0.1, 0.15) is 6.92 Å².